The quantitative estimate of drug-likeness (QED) is 0.457. The van der Waals surface area contributed by atoms with Gasteiger partial charge in [-0.25, -0.2) is 8.42 Å². The van der Waals surface area contributed by atoms with Crippen molar-refractivity contribution >= 4 is 56.7 Å². The third-order valence-corrected chi connectivity index (χ3v) is 9.16. The van der Waals surface area contributed by atoms with Crippen LogP contribution in [0.1, 0.15) is 12.0 Å². The van der Waals surface area contributed by atoms with Crippen LogP contribution in [0, 0.1) is 11.3 Å². The second kappa shape index (κ2) is 11.3. The molecule has 1 heterocycles. The Balaban J connectivity index is 1.84. The average molecular weight is 517 g/mol. The zero-order chi connectivity index (χ0) is 22.4. The number of hydrogen-bond acceptors (Lipinski definition) is 6. The first-order chi connectivity index (χ1) is 14.8. The lowest BCUT2D eigenvalue weighted by molar-refractivity contribution is 0.189. The molecular weight excluding hydrogens is 493 g/mol. The highest BCUT2D eigenvalue weighted by Gasteiger charge is 2.30. The molecule has 1 aliphatic heterocycles. The van der Waals surface area contributed by atoms with E-state index in [2.05, 4.69) is 11.2 Å². The Kier molecular flexibility index (Phi) is 9.00. The molecule has 0 unspecified atom stereocenters. The number of hydrogen-bond donors (Lipinski definition) is 0. The molecule has 0 spiro atoms. The number of thioether (sulfide) groups is 1. The van der Waals surface area contributed by atoms with Crippen LogP contribution in [0.3, 0.4) is 0 Å². The minimum Gasteiger partial charge on any atom is -0.301 e. The van der Waals surface area contributed by atoms with Gasteiger partial charge in [0.1, 0.15) is 0 Å². The van der Waals surface area contributed by atoms with Crippen LogP contribution in [0.25, 0.3) is 0 Å². The summed E-state index contributed by atoms with van der Waals surface area (Å²) in [6.07, 6.45) is 3.19. The van der Waals surface area contributed by atoms with Gasteiger partial charge in [0.2, 0.25) is 10.0 Å². The van der Waals surface area contributed by atoms with E-state index in [1.54, 1.807) is 30.3 Å². The van der Waals surface area contributed by atoms with Crippen LogP contribution in [0.2, 0.25) is 10.0 Å². The minimum absolute atomic E-state index is 0.142. The van der Waals surface area contributed by atoms with Crippen LogP contribution in [0.4, 0.5) is 0 Å². The fraction of sp³-hybridized carbons (Fsp3) is 0.381. The van der Waals surface area contributed by atoms with Crippen molar-refractivity contribution in [2.24, 2.45) is 0 Å². The summed E-state index contributed by atoms with van der Waals surface area (Å²) in [5.41, 5.74) is 0.308. The maximum Gasteiger partial charge on any atom is 0.244 e. The lowest BCUT2D eigenvalue weighted by Crippen LogP contribution is -2.48. The van der Waals surface area contributed by atoms with Crippen molar-refractivity contribution in [1.82, 2.24) is 9.21 Å². The van der Waals surface area contributed by atoms with Gasteiger partial charge in [0.05, 0.1) is 16.5 Å². The molecule has 3 rings (SSSR count). The third kappa shape index (κ3) is 6.55. The summed E-state index contributed by atoms with van der Waals surface area (Å²) in [4.78, 5) is 3.72. The van der Waals surface area contributed by atoms with Gasteiger partial charge in [0, 0.05) is 46.0 Å². The Morgan fingerprint density at radius 2 is 1.74 bits per heavy atom. The molecule has 0 bridgehead atoms. The summed E-state index contributed by atoms with van der Waals surface area (Å²) >= 11 is 15.3. The molecular formula is C21H23Cl2N3O2S3. The molecule has 1 aliphatic rings. The highest BCUT2D eigenvalue weighted by Crippen LogP contribution is 2.37. The molecule has 1 fully saturated rings. The monoisotopic (exact) mass is 515 g/mol. The highest BCUT2D eigenvalue weighted by atomic mass is 35.5. The van der Waals surface area contributed by atoms with Crippen LogP contribution >= 0.6 is 46.7 Å². The van der Waals surface area contributed by atoms with Crippen molar-refractivity contribution in [2.45, 2.75) is 21.1 Å². The van der Waals surface area contributed by atoms with Gasteiger partial charge in [-0.3, -0.25) is 0 Å². The molecule has 10 heteroatoms. The summed E-state index contributed by atoms with van der Waals surface area (Å²) < 4.78 is 28.5. The van der Waals surface area contributed by atoms with Gasteiger partial charge in [-0.2, -0.15) is 21.3 Å². The van der Waals surface area contributed by atoms with E-state index in [0.29, 0.717) is 46.7 Å². The van der Waals surface area contributed by atoms with Gasteiger partial charge in [-0.05, 0) is 61.4 Å². The number of nitrogens with zero attached hydrogens (tertiary/aromatic N) is 3. The van der Waals surface area contributed by atoms with E-state index >= 15 is 0 Å². The second-order valence-corrected chi connectivity index (χ2v) is 12.0. The van der Waals surface area contributed by atoms with Crippen LogP contribution in [-0.2, 0) is 10.0 Å². The zero-order valence-corrected chi connectivity index (χ0v) is 21.0. The number of sulfonamides is 1. The molecule has 5 nitrogen and oxygen atoms in total. The van der Waals surface area contributed by atoms with Crippen molar-refractivity contribution in [3.63, 3.8) is 0 Å². The van der Waals surface area contributed by atoms with Gasteiger partial charge >= 0.3 is 0 Å². The minimum atomic E-state index is -3.75. The molecule has 1 saturated heterocycles. The second-order valence-electron chi connectivity index (χ2n) is 7.07. The molecule has 166 valence electrons. The molecule has 31 heavy (non-hydrogen) atoms. The van der Waals surface area contributed by atoms with Crippen LogP contribution in [0.15, 0.2) is 51.1 Å². The van der Waals surface area contributed by atoms with Gasteiger partial charge < -0.3 is 4.90 Å². The predicted molar refractivity (Wildman–Crippen MR) is 130 cm³/mol. The predicted octanol–water partition coefficient (Wildman–Crippen LogP) is 5.08. The Bertz CT molecular complexity index is 1050. The SMILES string of the molecule is CSCCCN1CCN(S(=O)(=O)c2cc(C#N)ccc2Sc2cc(Cl)cc(Cl)c2)CC1. The lowest BCUT2D eigenvalue weighted by Gasteiger charge is -2.34. The standard InChI is InChI=1S/C21H23Cl2N3O2S3/c1-29-10-2-5-25-6-8-26(9-7-25)31(27,28)21-11-16(15-24)3-4-20(21)30-19-13-17(22)12-18(23)14-19/h3-4,11-14H,2,5-10H2,1H3. The fourth-order valence-electron chi connectivity index (χ4n) is 3.34. The zero-order valence-electron chi connectivity index (χ0n) is 17.1. The summed E-state index contributed by atoms with van der Waals surface area (Å²) in [5.74, 6) is 1.10. The number of halogens is 2. The molecule has 0 aliphatic carbocycles. The Morgan fingerprint density at radius 1 is 1.06 bits per heavy atom. The smallest absolute Gasteiger partial charge is 0.244 e. The summed E-state index contributed by atoms with van der Waals surface area (Å²) in [5, 5.41) is 10.3. The third-order valence-electron chi connectivity index (χ3n) is 4.91. The van der Waals surface area contributed by atoms with Gasteiger partial charge in [-0.15, -0.1) is 0 Å². The average Bonchev–Trinajstić information content (AvgIpc) is 2.74. The molecule has 2 aromatic rings. The van der Waals surface area contributed by atoms with E-state index in [1.807, 2.05) is 17.8 Å². The van der Waals surface area contributed by atoms with Gasteiger partial charge in [0.15, 0.2) is 0 Å². The van der Waals surface area contributed by atoms with Gasteiger partial charge in [0.25, 0.3) is 0 Å². The molecule has 0 atom stereocenters. The normalized spacial score (nSPS) is 15.7. The Morgan fingerprint density at radius 3 is 2.35 bits per heavy atom. The van der Waals surface area contributed by atoms with Crippen molar-refractivity contribution < 1.29 is 8.42 Å². The number of nitriles is 1. The van der Waals surface area contributed by atoms with Crippen molar-refractivity contribution in [3.05, 3.63) is 52.0 Å². The first-order valence-corrected chi connectivity index (χ1v) is 14.1. The maximum atomic E-state index is 13.5. The maximum absolute atomic E-state index is 13.5. The van der Waals surface area contributed by atoms with Crippen molar-refractivity contribution in [1.29, 1.82) is 5.26 Å². The van der Waals surface area contributed by atoms with E-state index < -0.39 is 10.0 Å². The van der Waals surface area contributed by atoms with E-state index in [0.717, 1.165) is 23.6 Å². The van der Waals surface area contributed by atoms with Crippen molar-refractivity contribution in [2.75, 3.05) is 44.7 Å². The number of piperazine rings is 1. The molecule has 2 aromatic carbocycles. The highest BCUT2D eigenvalue weighted by molar-refractivity contribution is 8.00. The van der Waals surface area contributed by atoms with Crippen LogP contribution in [-0.4, -0.2) is 62.4 Å². The molecule has 0 N–H and O–H groups in total. The summed E-state index contributed by atoms with van der Waals surface area (Å²) in [6.45, 7) is 3.27. The first kappa shape index (κ1) is 24.7. The Hall–Kier alpha value is -0.920. The Labute approximate surface area is 202 Å². The van der Waals surface area contributed by atoms with Crippen LogP contribution in [0.5, 0.6) is 0 Å². The van der Waals surface area contributed by atoms with E-state index in [4.69, 9.17) is 23.2 Å². The molecule has 0 amide bonds. The van der Waals surface area contributed by atoms with Crippen LogP contribution < -0.4 is 0 Å². The molecule has 0 aromatic heterocycles. The lowest BCUT2D eigenvalue weighted by atomic mass is 10.2. The van der Waals surface area contributed by atoms with Crippen molar-refractivity contribution in [3.8, 4) is 6.07 Å². The van der Waals surface area contributed by atoms with E-state index in [9.17, 15) is 13.7 Å². The summed E-state index contributed by atoms with van der Waals surface area (Å²) in [6, 6.07) is 11.9. The molecule has 0 saturated carbocycles. The van der Waals surface area contributed by atoms with E-state index in [-0.39, 0.29) is 4.90 Å². The number of rotatable bonds is 8. The molecule has 0 radical (unpaired) electrons. The topological polar surface area (TPSA) is 64.4 Å². The summed E-state index contributed by atoms with van der Waals surface area (Å²) in [7, 11) is -3.75. The fourth-order valence-corrected chi connectivity index (χ4v) is 7.30. The largest absolute Gasteiger partial charge is 0.301 e. The van der Waals surface area contributed by atoms with E-state index in [1.165, 1.54) is 22.1 Å². The number of benzene rings is 2. The van der Waals surface area contributed by atoms with Gasteiger partial charge in [-0.1, -0.05) is 35.0 Å². The first-order valence-electron chi connectivity index (χ1n) is 9.73.